The fraction of sp³-hybridized carbons (Fsp3) is 0.765. The molecular formula is C17H28O4. The first kappa shape index (κ1) is 17.9. The minimum Gasteiger partial charge on any atom is -0.461 e. The second kappa shape index (κ2) is 7.74. The van der Waals surface area contributed by atoms with Crippen LogP contribution < -0.4 is 0 Å². The van der Waals surface area contributed by atoms with Gasteiger partial charge in [0.05, 0.1) is 12.0 Å². The van der Waals surface area contributed by atoms with Crippen LogP contribution in [0.25, 0.3) is 0 Å². The standard InChI is InChI=1S/C17H28O4/c1-6-15-10(2)7-8-14(18)11(3)9-12(4)16(19)13(5)17(20)21-15/h7-8,10-13,15-16,19H,6,9H2,1-5H3/b8-7+/t10-,11-,12?,13-,15-,16+/m1/s1. The van der Waals surface area contributed by atoms with Crippen LogP contribution in [0.4, 0.5) is 0 Å². The van der Waals surface area contributed by atoms with Crippen molar-refractivity contribution >= 4 is 11.8 Å². The summed E-state index contributed by atoms with van der Waals surface area (Å²) in [6.45, 7) is 9.31. The first-order valence-electron chi connectivity index (χ1n) is 7.88. The van der Waals surface area contributed by atoms with Crippen LogP contribution in [0, 0.1) is 23.7 Å². The number of allylic oxidation sites excluding steroid dienone is 1. The van der Waals surface area contributed by atoms with Gasteiger partial charge in [-0.15, -0.1) is 0 Å². The van der Waals surface area contributed by atoms with E-state index in [9.17, 15) is 14.7 Å². The van der Waals surface area contributed by atoms with Crippen LogP contribution in [0.5, 0.6) is 0 Å². The number of aliphatic hydroxyl groups is 1. The molecule has 4 nitrogen and oxygen atoms in total. The maximum atomic E-state index is 12.2. The Bertz CT molecular complexity index is 402. The van der Waals surface area contributed by atoms with Crippen molar-refractivity contribution in [3.8, 4) is 0 Å². The lowest BCUT2D eigenvalue weighted by Gasteiger charge is -2.29. The molecule has 1 aliphatic rings. The van der Waals surface area contributed by atoms with Crippen LogP contribution in [-0.4, -0.2) is 29.1 Å². The summed E-state index contributed by atoms with van der Waals surface area (Å²) in [5.41, 5.74) is 0. The van der Waals surface area contributed by atoms with E-state index in [2.05, 4.69) is 0 Å². The third-order valence-electron chi connectivity index (χ3n) is 4.50. The molecule has 0 saturated carbocycles. The van der Waals surface area contributed by atoms with Crippen molar-refractivity contribution in [3.63, 3.8) is 0 Å². The zero-order valence-corrected chi connectivity index (χ0v) is 13.7. The van der Waals surface area contributed by atoms with Crippen molar-refractivity contribution in [1.82, 2.24) is 0 Å². The Kier molecular flexibility index (Phi) is 6.59. The molecule has 1 aliphatic heterocycles. The first-order valence-corrected chi connectivity index (χ1v) is 7.88. The predicted molar refractivity (Wildman–Crippen MR) is 81.6 cm³/mol. The first-order chi connectivity index (χ1) is 9.77. The predicted octanol–water partition coefficient (Wildman–Crippen LogP) is 2.74. The second-order valence-corrected chi connectivity index (χ2v) is 6.40. The molecule has 0 aromatic carbocycles. The van der Waals surface area contributed by atoms with E-state index in [1.807, 2.05) is 33.8 Å². The van der Waals surface area contributed by atoms with Crippen LogP contribution in [0.15, 0.2) is 12.2 Å². The summed E-state index contributed by atoms with van der Waals surface area (Å²) in [6.07, 6.45) is 3.61. The molecule has 4 heteroatoms. The van der Waals surface area contributed by atoms with Gasteiger partial charge in [0, 0.05) is 11.8 Å². The summed E-state index contributed by atoms with van der Waals surface area (Å²) in [7, 11) is 0. The van der Waals surface area contributed by atoms with Gasteiger partial charge < -0.3 is 9.84 Å². The number of hydrogen-bond acceptors (Lipinski definition) is 4. The minimum atomic E-state index is -0.788. The maximum Gasteiger partial charge on any atom is 0.311 e. The van der Waals surface area contributed by atoms with E-state index in [-0.39, 0.29) is 35.6 Å². The number of esters is 1. The molecule has 120 valence electrons. The van der Waals surface area contributed by atoms with E-state index in [4.69, 9.17) is 4.74 Å². The highest BCUT2D eigenvalue weighted by molar-refractivity contribution is 5.91. The Labute approximate surface area is 127 Å². The van der Waals surface area contributed by atoms with E-state index in [1.54, 1.807) is 13.0 Å². The molecule has 0 aromatic heterocycles. The monoisotopic (exact) mass is 296 g/mol. The molecule has 1 heterocycles. The summed E-state index contributed by atoms with van der Waals surface area (Å²) in [4.78, 5) is 24.3. The molecule has 21 heavy (non-hydrogen) atoms. The molecule has 0 aromatic rings. The average Bonchev–Trinajstić information content (AvgIpc) is 2.46. The van der Waals surface area contributed by atoms with Gasteiger partial charge in [0.1, 0.15) is 6.10 Å². The molecule has 1 rings (SSSR count). The van der Waals surface area contributed by atoms with Crippen LogP contribution in [0.2, 0.25) is 0 Å². The molecule has 0 radical (unpaired) electrons. The van der Waals surface area contributed by atoms with Crippen molar-refractivity contribution in [2.24, 2.45) is 23.7 Å². The molecule has 0 spiro atoms. The Balaban J connectivity index is 3.04. The van der Waals surface area contributed by atoms with Gasteiger partial charge in [-0.05, 0) is 31.8 Å². The lowest BCUT2D eigenvalue weighted by molar-refractivity contribution is -0.160. The fourth-order valence-corrected chi connectivity index (χ4v) is 2.80. The van der Waals surface area contributed by atoms with Crippen molar-refractivity contribution in [2.45, 2.75) is 59.7 Å². The van der Waals surface area contributed by atoms with E-state index < -0.39 is 12.0 Å². The van der Waals surface area contributed by atoms with Crippen molar-refractivity contribution in [1.29, 1.82) is 0 Å². The van der Waals surface area contributed by atoms with Gasteiger partial charge in [0.25, 0.3) is 0 Å². The fourth-order valence-electron chi connectivity index (χ4n) is 2.80. The molecule has 0 amide bonds. The molecule has 6 atom stereocenters. The van der Waals surface area contributed by atoms with Crippen LogP contribution >= 0.6 is 0 Å². The van der Waals surface area contributed by atoms with Crippen LogP contribution in [-0.2, 0) is 14.3 Å². The Morgan fingerprint density at radius 2 is 1.86 bits per heavy atom. The third kappa shape index (κ3) is 4.67. The summed E-state index contributed by atoms with van der Waals surface area (Å²) in [6, 6.07) is 0. The van der Waals surface area contributed by atoms with Gasteiger partial charge in [-0.1, -0.05) is 33.8 Å². The molecule has 0 bridgehead atoms. The lowest BCUT2D eigenvalue weighted by atomic mass is 9.84. The average molecular weight is 296 g/mol. The lowest BCUT2D eigenvalue weighted by Crippen LogP contribution is -2.37. The highest BCUT2D eigenvalue weighted by Gasteiger charge is 2.32. The summed E-state index contributed by atoms with van der Waals surface area (Å²) >= 11 is 0. The largest absolute Gasteiger partial charge is 0.461 e. The Morgan fingerprint density at radius 3 is 2.43 bits per heavy atom. The van der Waals surface area contributed by atoms with Gasteiger partial charge >= 0.3 is 5.97 Å². The molecular weight excluding hydrogens is 268 g/mol. The maximum absolute atomic E-state index is 12.2. The molecule has 0 saturated heterocycles. The number of aliphatic hydroxyl groups excluding tert-OH is 1. The summed E-state index contributed by atoms with van der Waals surface area (Å²) in [5, 5.41) is 10.3. The number of ketones is 1. The van der Waals surface area contributed by atoms with Crippen molar-refractivity contribution < 1.29 is 19.4 Å². The van der Waals surface area contributed by atoms with Crippen LogP contribution in [0.3, 0.4) is 0 Å². The van der Waals surface area contributed by atoms with Gasteiger partial charge in [-0.3, -0.25) is 9.59 Å². The van der Waals surface area contributed by atoms with Gasteiger partial charge in [0.15, 0.2) is 5.78 Å². The van der Waals surface area contributed by atoms with E-state index in [0.717, 1.165) is 0 Å². The van der Waals surface area contributed by atoms with Crippen LogP contribution in [0.1, 0.15) is 47.5 Å². The van der Waals surface area contributed by atoms with E-state index in [0.29, 0.717) is 12.8 Å². The Hall–Kier alpha value is -1.16. The number of hydrogen-bond donors (Lipinski definition) is 1. The van der Waals surface area contributed by atoms with E-state index >= 15 is 0 Å². The van der Waals surface area contributed by atoms with Gasteiger partial charge in [0.2, 0.25) is 0 Å². The summed E-state index contributed by atoms with van der Waals surface area (Å²) in [5.74, 6) is -1.17. The molecule has 1 unspecified atom stereocenters. The normalized spacial score (nSPS) is 40.9. The topological polar surface area (TPSA) is 63.6 Å². The van der Waals surface area contributed by atoms with Crippen molar-refractivity contribution in [2.75, 3.05) is 0 Å². The van der Waals surface area contributed by atoms with E-state index in [1.165, 1.54) is 0 Å². The zero-order chi connectivity index (χ0) is 16.2. The SMILES string of the molecule is CC[C@H]1OC(=O)[C@H](C)[C@@H](O)C(C)C[C@@H](C)C(=O)/C=C/[C@H]1C. The van der Waals surface area contributed by atoms with Crippen molar-refractivity contribution in [3.05, 3.63) is 12.2 Å². The van der Waals surface area contributed by atoms with Gasteiger partial charge in [-0.2, -0.15) is 0 Å². The second-order valence-electron chi connectivity index (χ2n) is 6.40. The molecule has 0 aliphatic carbocycles. The quantitative estimate of drug-likeness (QED) is 0.756. The zero-order valence-electron chi connectivity index (χ0n) is 13.7. The smallest absolute Gasteiger partial charge is 0.311 e. The Morgan fingerprint density at radius 1 is 1.24 bits per heavy atom. The minimum absolute atomic E-state index is 0.0173. The summed E-state index contributed by atoms with van der Waals surface area (Å²) < 4.78 is 5.52. The highest BCUT2D eigenvalue weighted by atomic mass is 16.5. The highest BCUT2D eigenvalue weighted by Crippen LogP contribution is 2.25. The molecule has 0 fully saturated rings. The number of rotatable bonds is 1. The number of cyclic esters (lactones) is 1. The number of carbonyl (C=O) groups is 2. The number of carbonyl (C=O) groups excluding carboxylic acids is 2. The molecule has 1 N–H and O–H groups in total. The number of ether oxygens (including phenoxy) is 1. The third-order valence-corrected chi connectivity index (χ3v) is 4.50. The van der Waals surface area contributed by atoms with Gasteiger partial charge in [-0.25, -0.2) is 0 Å².